The van der Waals surface area contributed by atoms with Crippen LogP contribution in [0.5, 0.6) is 0 Å². The second-order valence-electron chi connectivity index (χ2n) is 5.68. The standard InChI is InChI=1S/C16H31N3O3/c1-17-16(18-10-5-3-4-7-15(20)21-2)19-11-6-12-22-13-14-8-9-14/h14H,3-13H2,1-2H3,(H2,17,18,19). The van der Waals surface area contributed by atoms with Crippen LogP contribution in [0.25, 0.3) is 0 Å². The van der Waals surface area contributed by atoms with E-state index in [2.05, 4.69) is 20.4 Å². The van der Waals surface area contributed by atoms with E-state index in [0.29, 0.717) is 6.42 Å². The fraction of sp³-hybridized carbons (Fsp3) is 0.875. The zero-order valence-corrected chi connectivity index (χ0v) is 14.0. The monoisotopic (exact) mass is 313 g/mol. The molecule has 0 aromatic rings. The quantitative estimate of drug-likeness (QED) is 0.248. The van der Waals surface area contributed by atoms with E-state index in [1.807, 2.05) is 0 Å². The van der Waals surface area contributed by atoms with Crippen molar-refractivity contribution in [1.29, 1.82) is 0 Å². The van der Waals surface area contributed by atoms with Gasteiger partial charge < -0.3 is 20.1 Å². The van der Waals surface area contributed by atoms with Gasteiger partial charge in [0.05, 0.1) is 7.11 Å². The van der Waals surface area contributed by atoms with Gasteiger partial charge in [-0.3, -0.25) is 9.79 Å². The van der Waals surface area contributed by atoms with E-state index in [-0.39, 0.29) is 5.97 Å². The van der Waals surface area contributed by atoms with Crippen LogP contribution in [0.2, 0.25) is 0 Å². The normalized spacial score (nSPS) is 14.7. The van der Waals surface area contributed by atoms with Crippen molar-refractivity contribution >= 4 is 11.9 Å². The number of esters is 1. The van der Waals surface area contributed by atoms with Gasteiger partial charge in [0, 0.05) is 39.8 Å². The molecule has 0 aromatic heterocycles. The molecule has 0 radical (unpaired) electrons. The third-order valence-electron chi connectivity index (χ3n) is 3.61. The van der Waals surface area contributed by atoms with E-state index < -0.39 is 0 Å². The van der Waals surface area contributed by atoms with E-state index in [4.69, 9.17) is 4.74 Å². The van der Waals surface area contributed by atoms with Gasteiger partial charge in [0.15, 0.2) is 5.96 Å². The predicted molar refractivity (Wildman–Crippen MR) is 88.0 cm³/mol. The summed E-state index contributed by atoms with van der Waals surface area (Å²) in [5, 5.41) is 6.55. The molecule has 0 heterocycles. The highest BCUT2D eigenvalue weighted by atomic mass is 16.5. The third-order valence-corrected chi connectivity index (χ3v) is 3.61. The molecule has 0 aromatic carbocycles. The first kappa shape index (κ1) is 18.7. The van der Waals surface area contributed by atoms with Crippen molar-refractivity contribution in [3.8, 4) is 0 Å². The largest absolute Gasteiger partial charge is 0.469 e. The van der Waals surface area contributed by atoms with Gasteiger partial charge in [-0.05, 0) is 38.0 Å². The number of methoxy groups -OCH3 is 1. The molecule has 0 spiro atoms. The minimum atomic E-state index is -0.130. The molecule has 1 aliphatic carbocycles. The first-order chi connectivity index (χ1) is 10.8. The Morgan fingerprint density at radius 1 is 1.14 bits per heavy atom. The van der Waals surface area contributed by atoms with Crippen LogP contribution in [-0.2, 0) is 14.3 Å². The Kier molecular flexibility index (Phi) is 10.5. The predicted octanol–water partition coefficient (Wildman–Crippen LogP) is 1.70. The molecule has 1 aliphatic rings. The highest BCUT2D eigenvalue weighted by Gasteiger charge is 2.20. The lowest BCUT2D eigenvalue weighted by Gasteiger charge is -2.11. The molecule has 0 bridgehead atoms. The summed E-state index contributed by atoms with van der Waals surface area (Å²) in [5.41, 5.74) is 0. The molecule has 22 heavy (non-hydrogen) atoms. The summed E-state index contributed by atoms with van der Waals surface area (Å²) in [4.78, 5) is 15.1. The summed E-state index contributed by atoms with van der Waals surface area (Å²) in [5.74, 6) is 1.53. The van der Waals surface area contributed by atoms with Gasteiger partial charge in [-0.1, -0.05) is 6.42 Å². The minimum absolute atomic E-state index is 0.130. The molecule has 128 valence electrons. The fourth-order valence-corrected chi connectivity index (χ4v) is 2.02. The zero-order valence-electron chi connectivity index (χ0n) is 14.0. The van der Waals surface area contributed by atoms with Crippen LogP contribution >= 0.6 is 0 Å². The van der Waals surface area contributed by atoms with Crippen LogP contribution in [-0.4, -0.2) is 52.4 Å². The number of unbranched alkanes of at least 4 members (excludes halogenated alkanes) is 2. The number of hydrogen-bond donors (Lipinski definition) is 2. The summed E-state index contributed by atoms with van der Waals surface area (Å²) in [6.45, 7) is 3.47. The minimum Gasteiger partial charge on any atom is -0.469 e. The molecule has 2 N–H and O–H groups in total. The number of carbonyl (C=O) groups excluding carboxylic acids is 1. The maximum absolute atomic E-state index is 11.0. The Morgan fingerprint density at radius 2 is 1.86 bits per heavy atom. The number of nitrogens with one attached hydrogen (secondary N) is 2. The summed E-state index contributed by atoms with van der Waals surface area (Å²) >= 11 is 0. The highest BCUT2D eigenvalue weighted by Crippen LogP contribution is 2.28. The van der Waals surface area contributed by atoms with E-state index in [9.17, 15) is 4.79 Å². The van der Waals surface area contributed by atoms with Crippen molar-refractivity contribution in [3.05, 3.63) is 0 Å². The third kappa shape index (κ3) is 10.4. The smallest absolute Gasteiger partial charge is 0.305 e. The van der Waals surface area contributed by atoms with Gasteiger partial charge in [0.1, 0.15) is 0 Å². The number of hydrogen-bond acceptors (Lipinski definition) is 4. The molecule has 6 nitrogen and oxygen atoms in total. The number of nitrogens with zero attached hydrogens (tertiary/aromatic N) is 1. The Hall–Kier alpha value is -1.30. The molecule has 6 heteroatoms. The topological polar surface area (TPSA) is 72.0 Å². The van der Waals surface area contributed by atoms with Crippen molar-refractivity contribution in [1.82, 2.24) is 10.6 Å². The van der Waals surface area contributed by atoms with Crippen LogP contribution in [0.3, 0.4) is 0 Å². The molecule has 0 unspecified atom stereocenters. The van der Waals surface area contributed by atoms with Crippen LogP contribution in [0.4, 0.5) is 0 Å². The second kappa shape index (κ2) is 12.3. The second-order valence-corrected chi connectivity index (χ2v) is 5.68. The van der Waals surface area contributed by atoms with Crippen LogP contribution in [0, 0.1) is 5.92 Å². The maximum atomic E-state index is 11.0. The van der Waals surface area contributed by atoms with E-state index in [0.717, 1.165) is 63.9 Å². The van der Waals surface area contributed by atoms with E-state index in [1.54, 1.807) is 7.05 Å². The fourth-order valence-electron chi connectivity index (χ4n) is 2.02. The van der Waals surface area contributed by atoms with Crippen molar-refractivity contribution in [3.63, 3.8) is 0 Å². The molecule has 1 saturated carbocycles. The zero-order chi connectivity index (χ0) is 16.0. The molecular weight excluding hydrogens is 282 g/mol. The van der Waals surface area contributed by atoms with E-state index >= 15 is 0 Å². The number of rotatable bonds is 12. The van der Waals surface area contributed by atoms with Gasteiger partial charge in [-0.15, -0.1) is 0 Å². The average molecular weight is 313 g/mol. The summed E-state index contributed by atoms with van der Waals surface area (Å²) in [6, 6.07) is 0. The Bertz CT molecular complexity index is 331. The first-order valence-corrected chi connectivity index (χ1v) is 8.35. The van der Waals surface area contributed by atoms with Crippen molar-refractivity contribution < 1.29 is 14.3 Å². The lowest BCUT2D eigenvalue weighted by atomic mass is 10.2. The van der Waals surface area contributed by atoms with Crippen LogP contribution in [0.15, 0.2) is 4.99 Å². The van der Waals surface area contributed by atoms with Crippen LogP contribution < -0.4 is 10.6 Å². The van der Waals surface area contributed by atoms with Crippen molar-refractivity contribution in [2.45, 2.75) is 44.9 Å². The lowest BCUT2D eigenvalue weighted by Crippen LogP contribution is -2.38. The SMILES string of the molecule is CN=C(NCCCCCC(=O)OC)NCCCOCC1CC1. The summed E-state index contributed by atoms with van der Waals surface area (Å²) < 4.78 is 10.2. The Morgan fingerprint density at radius 3 is 2.50 bits per heavy atom. The Labute approximate surface area is 134 Å². The van der Waals surface area contributed by atoms with Gasteiger partial charge in [-0.2, -0.15) is 0 Å². The molecule has 0 aliphatic heterocycles. The maximum Gasteiger partial charge on any atom is 0.305 e. The Balaban J connectivity index is 1.87. The number of aliphatic imine (C=N–C) groups is 1. The van der Waals surface area contributed by atoms with Crippen molar-refractivity contribution in [2.24, 2.45) is 10.9 Å². The average Bonchev–Trinajstić information content (AvgIpc) is 3.35. The summed E-state index contributed by atoms with van der Waals surface area (Å²) in [7, 11) is 3.20. The summed E-state index contributed by atoms with van der Waals surface area (Å²) in [6.07, 6.45) is 7.08. The number of guanidine groups is 1. The molecule has 0 amide bonds. The van der Waals surface area contributed by atoms with Gasteiger partial charge in [-0.25, -0.2) is 0 Å². The van der Waals surface area contributed by atoms with Gasteiger partial charge in [0.25, 0.3) is 0 Å². The van der Waals surface area contributed by atoms with Gasteiger partial charge in [0.2, 0.25) is 0 Å². The molecule has 0 atom stereocenters. The van der Waals surface area contributed by atoms with Crippen molar-refractivity contribution in [2.75, 3.05) is 40.5 Å². The number of carbonyl (C=O) groups is 1. The molecule has 1 fully saturated rings. The van der Waals surface area contributed by atoms with E-state index in [1.165, 1.54) is 20.0 Å². The highest BCUT2D eigenvalue weighted by molar-refractivity contribution is 5.79. The van der Waals surface area contributed by atoms with Crippen LogP contribution in [0.1, 0.15) is 44.9 Å². The molecule has 1 rings (SSSR count). The molecule has 0 saturated heterocycles. The molecular formula is C16H31N3O3. The van der Waals surface area contributed by atoms with Gasteiger partial charge >= 0.3 is 5.97 Å². The number of ether oxygens (including phenoxy) is 2. The lowest BCUT2D eigenvalue weighted by molar-refractivity contribution is -0.140. The first-order valence-electron chi connectivity index (χ1n) is 8.35.